The molecule has 154 valence electrons. The summed E-state index contributed by atoms with van der Waals surface area (Å²) >= 11 is 11.0. The van der Waals surface area contributed by atoms with E-state index in [-0.39, 0.29) is 22.1 Å². The van der Waals surface area contributed by atoms with Crippen molar-refractivity contribution in [3.8, 4) is 5.69 Å². The first-order valence-electron chi connectivity index (χ1n) is 8.36. The van der Waals surface area contributed by atoms with Crippen LogP contribution in [0, 0.1) is 11.6 Å². The summed E-state index contributed by atoms with van der Waals surface area (Å²) < 4.78 is 33.3. The number of methoxy groups -OCH3 is 1. The molecule has 3 aromatic rings. The summed E-state index contributed by atoms with van der Waals surface area (Å²) in [6.45, 7) is 0. The Bertz CT molecular complexity index is 1120. The zero-order chi connectivity index (χ0) is 21.7. The third-order valence-corrected chi connectivity index (χ3v) is 4.25. The van der Waals surface area contributed by atoms with Crippen LogP contribution < -0.4 is 10.7 Å². The number of hydrogen-bond acceptors (Lipinski definition) is 5. The second-order valence-electron chi connectivity index (χ2n) is 5.77. The van der Waals surface area contributed by atoms with Gasteiger partial charge >= 0.3 is 5.97 Å². The number of hydrogen-bond donors (Lipinski definition) is 2. The molecule has 0 saturated carbocycles. The van der Waals surface area contributed by atoms with Crippen LogP contribution in [0.1, 0.15) is 16.1 Å². The molecule has 7 nitrogen and oxygen atoms in total. The number of benzene rings is 2. The van der Waals surface area contributed by atoms with Crippen molar-refractivity contribution < 1.29 is 18.3 Å². The average Bonchev–Trinajstić information content (AvgIpc) is 3.12. The van der Waals surface area contributed by atoms with E-state index in [2.05, 4.69) is 20.9 Å². The van der Waals surface area contributed by atoms with Crippen molar-refractivity contribution in [2.45, 2.75) is 0 Å². The van der Waals surface area contributed by atoms with Crippen LogP contribution >= 0.6 is 23.8 Å². The molecule has 2 aromatic carbocycles. The molecule has 0 fully saturated rings. The van der Waals surface area contributed by atoms with E-state index in [0.29, 0.717) is 16.8 Å². The number of anilines is 1. The summed E-state index contributed by atoms with van der Waals surface area (Å²) in [5.74, 6) is -2.31. The number of halogens is 3. The van der Waals surface area contributed by atoms with Crippen LogP contribution in [0.2, 0.25) is 5.02 Å². The molecule has 0 bridgehead atoms. The van der Waals surface area contributed by atoms with Crippen LogP contribution in [0.3, 0.4) is 0 Å². The maximum Gasteiger partial charge on any atom is 0.341 e. The predicted molar refractivity (Wildman–Crippen MR) is 113 cm³/mol. The standard InChI is InChI=1S/C19H14ClF2N5O2S/c1-29-18(28)14-9-24-27(16-7-4-12(21)8-15(16)22)17(14)10-23-26-19(30)25-13-5-2-11(20)3-6-13/h2-10H,1H3,(H2,25,26,30)/b23-10-. The zero-order valence-electron chi connectivity index (χ0n) is 15.4. The third-order valence-electron chi connectivity index (χ3n) is 3.80. The first kappa shape index (κ1) is 21.3. The SMILES string of the molecule is COC(=O)c1cnn(-c2ccc(F)cc2F)c1/C=N\NC(=S)Nc1ccc(Cl)cc1. The molecular weight excluding hydrogens is 436 g/mol. The van der Waals surface area contributed by atoms with Gasteiger partial charge in [-0.1, -0.05) is 11.6 Å². The van der Waals surface area contributed by atoms with Crippen LogP contribution in [0.25, 0.3) is 5.69 Å². The van der Waals surface area contributed by atoms with Crippen molar-refractivity contribution >= 4 is 46.8 Å². The number of aromatic nitrogens is 2. The van der Waals surface area contributed by atoms with E-state index in [4.69, 9.17) is 28.6 Å². The van der Waals surface area contributed by atoms with E-state index >= 15 is 0 Å². The Balaban J connectivity index is 1.84. The van der Waals surface area contributed by atoms with E-state index in [9.17, 15) is 13.6 Å². The zero-order valence-corrected chi connectivity index (χ0v) is 17.0. The largest absolute Gasteiger partial charge is 0.465 e. The second-order valence-corrected chi connectivity index (χ2v) is 6.62. The molecule has 11 heteroatoms. The summed E-state index contributed by atoms with van der Waals surface area (Å²) in [7, 11) is 1.20. The van der Waals surface area contributed by atoms with Gasteiger partial charge in [-0.05, 0) is 48.6 Å². The summed E-state index contributed by atoms with van der Waals surface area (Å²) in [6.07, 6.45) is 2.41. The molecule has 3 rings (SSSR count). The first-order chi connectivity index (χ1) is 14.4. The number of ether oxygens (including phenoxy) is 1. The van der Waals surface area contributed by atoms with Crippen molar-refractivity contribution in [1.29, 1.82) is 0 Å². The molecule has 0 aliphatic rings. The molecule has 0 radical (unpaired) electrons. The van der Waals surface area contributed by atoms with Gasteiger partial charge in [0.05, 0.1) is 19.5 Å². The normalized spacial score (nSPS) is 10.8. The van der Waals surface area contributed by atoms with Crippen LogP contribution in [0.5, 0.6) is 0 Å². The van der Waals surface area contributed by atoms with Gasteiger partial charge in [-0.3, -0.25) is 5.43 Å². The lowest BCUT2D eigenvalue weighted by Crippen LogP contribution is -2.24. The number of rotatable bonds is 5. The topological polar surface area (TPSA) is 80.5 Å². The predicted octanol–water partition coefficient (Wildman–Crippen LogP) is 3.91. The first-order valence-corrected chi connectivity index (χ1v) is 9.15. The Labute approximate surface area is 180 Å². The van der Waals surface area contributed by atoms with E-state index in [0.717, 1.165) is 10.7 Å². The van der Waals surface area contributed by atoms with Gasteiger partial charge in [0, 0.05) is 16.8 Å². The maximum atomic E-state index is 14.2. The van der Waals surface area contributed by atoms with Gasteiger partial charge in [-0.2, -0.15) is 10.2 Å². The van der Waals surface area contributed by atoms with Gasteiger partial charge in [-0.15, -0.1) is 0 Å². The van der Waals surface area contributed by atoms with Crippen molar-refractivity contribution in [1.82, 2.24) is 15.2 Å². The van der Waals surface area contributed by atoms with E-state index in [1.165, 1.54) is 25.6 Å². The average molecular weight is 450 g/mol. The molecule has 2 N–H and O–H groups in total. The Hall–Kier alpha value is -3.37. The summed E-state index contributed by atoms with van der Waals surface area (Å²) in [6, 6.07) is 9.80. The van der Waals surface area contributed by atoms with Gasteiger partial charge in [-0.25, -0.2) is 18.3 Å². The van der Waals surface area contributed by atoms with E-state index in [1.807, 2.05) is 0 Å². The molecule has 0 unspecified atom stereocenters. The monoisotopic (exact) mass is 449 g/mol. The third kappa shape index (κ3) is 4.97. The molecular formula is C19H14ClF2N5O2S. The maximum absolute atomic E-state index is 14.2. The van der Waals surface area contributed by atoms with Gasteiger partial charge in [0.25, 0.3) is 0 Å². The minimum Gasteiger partial charge on any atom is -0.465 e. The summed E-state index contributed by atoms with van der Waals surface area (Å²) in [5, 5.41) is 11.6. The minimum atomic E-state index is -0.864. The second kappa shape index (κ2) is 9.42. The molecule has 0 aliphatic carbocycles. The Morgan fingerprint density at radius 2 is 2.00 bits per heavy atom. The minimum absolute atomic E-state index is 0.0309. The number of hydrazone groups is 1. The van der Waals surface area contributed by atoms with E-state index < -0.39 is 17.6 Å². The number of esters is 1. The lowest BCUT2D eigenvalue weighted by atomic mass is 10.2. The van der Waals surface area contributed by atoms with Crippen molar-refractivity contribution in [2.75, 3.05) is 12.4 Å². The van der Waals surface area contributed by atoms with Crippen LogP contribution in [-0.2, 0) is 4.74 Å². The Morgan fingerprint density at radius 3 is 2.67 bits per heavy atom. The van der Waals surface area contributed by atoms with Crippen LogP contribution in [0.4, 0.5) is 14.5 Å². The molecule has 30 heavy (non-hydrogen) atoms. The Morgan fingerprint density at radius 1 is 1.27 bits per heavy atom. The highest BCUT2D eigenvalue weighted by molar-refractivity contribution is 7.80. The Kier molecular flexibility index (Phi) is 6.70. The van der Waals surface area contributed by atoms with Crippen LogP contribution in [0.15, 0.2) is 53.8 Å². The molecule has 1 heterocycles. The van der Waals surface area contributed by atoms with Gasteiger partial charge in [0.1, 0.15) is 22.8 Å². The summed E-state index contributed by atoms with van der Waals surface area (Å²) in [5.41, 5.74) is 3.32. The molecule has 0 amide bonds. The number of thiocarbonyl (C=S) groups is 1. The highest BCUT2D eigenvalue weighted by atomic mass is 35.5. The van der Waals surface area contributed by atoms with Gasteiger partial charge in [0.15, 0.2) is 10.9 Å². The van der Waals surface area contributed by atoms with Crippen molar-refractivity contribution in [3.05, 3.63) is 76.6 Å². The highest BCUT2D eigenvalue weighted by Crippen LogP contribution is 2.18. The van der Waals surface area contributed by atoms with Crippen LogP contribution in [-0.4, -0.2) is 34.2 Å². The number of carbonyl (C=O) groups is 1. The van der Waals surface area contributed by atoms with Crippen molar-refractivity contribution in [2.24, 2.45) is 5.10 Å². The molecule has 0 saturated heterocycles. The van der Waals surface area contributed by atoms with Crippen molar-refractivity contribution in [3.63, 3.8) is 0 Å². The van der Waals surface area contributed by atoms with Gasteiger partial charge < -0.3 is 10.1 Å². The highest BCUT2D eigenvalue weighted by Gasteiger charge is 2.19. The summed E-state index contributed by atoms with van der Waals surface area (Å²) in [4.78, 5) is 12.0. The number of nitrogens with zero attached hydrogens (tertiary/aromatic N) is 3. The van der Waals surface area contributed by atoms with E-state index in [1.54, 1.807) is 24.3 Å². The smallest absolute Gasteiger partial charge is 0.341 e. The fourth-order valence-electron chi connectivity index (χ4n) is 2.44. The molecule has 0 aliphatic heterocycles. The lowest BCUT2D eigenvalue weighted by molar-refractivity contribution is 0.0600. The van der Waals surface area contributed by atoms with Gasteiger partial charge in [0.2, 0.25) is 0 Å². The molecule has 1 aromatic heterocycles. The fourth-order valence-corrected chi connectivity index (χ4v) is 2.74. The fraction of sp³-hybridized carbons (Fsp3) is 0.0526. The lowest BCUT2D eigenvalue weighted by Gasteiger charge is -2.08. The molecule has 0 spiro atoms. The number of nitrogens with one attached hydrogen (secondary N) is 2. The molecule has 0 atom stereocenters. The number of carbonyl (C=O) groups excluding carboxylic acids is 1. The quantitative estimate of drug-likeness (QED) is 0.266.